The van der Waals surface area contributed by atoms with Crippen molar-refractivity contribution in [2.45, 2.75) is 33.6 Å². The van der Waals surface area contributed by atoms with Gasteiger partial charge in [0.15, 0.2) is 0 Å². The number of nitrogens with one attached hydrogen (secondary N) is 2. The number of para-hydroxylation sites is 1. The molecule has 0 aromatic heterocycles. The van der Waals surface area contributed by atoms with E-state index in [1.165, 1.54) is 5.56 Å². The Bertz CT molecular complexity index is 397. The van der Waals surface area contributed by atoms with E-state index >= 15 is 0 Å². The molecule has 18 heavy (non-hydrogen) atoms. The Morgan fingerprint density at radius 2 is 1.89 bits per heavy atom. The fourth-order valence-corrected chi connectivity index (χ4v) is 1.64. The standard InChI is InChI=1S/C14H24N4/c1-10(2)9-16-14(18-15)17-13-8-6-5-7-12(13)11(3)4/h5-8,10-11H,9,15H2,1-4H3,(H2,16,17,18). The van der Waals surface area contributed by atoms with E-state index in [1.807, 2.05) is 18.2 Å². The molecule has 0 unspecified atom stereocenters. The fraction of sp³-hybridized carbons (Fsp3) is 0.500. The molecule has 4 N–H and O–H groups in total. The van der Waals surface area contributed by atoms with Crippen molar-refractivity contribution < 1.29 is 0 Å². The van der Waals surface area contributed by atoms with Crippen LogP contribution < -0.4 is 16.6 Å². The number of hydrogen-bond acceptors (Lipinski definition) is 2. The first-order chi connectivity index (χ1) is 8.54. The summed E-state index contributed by atoms with van der Waals surface area (Å²) in [6, 6.07) is 8.20. The molecule has 0 heterocycles. The minimum Gasteiger partial charge on any atom is -0.325 e. The van der Waals surface area contributed by atoms with Crippen LogP contribution in [0.25, 0.3) is 0 Å². The summed E-state index contributed by atoms with van der Waals surface area (Å²) in [6.45, 7) is 9.33. The van der Waals surface area contributed by atoms with E-state index in [0.29, 0.717) is 17.8 Å². The molecule has 4 heteroatoms. The second-order valence-electron chi connectivity index (χ2n) is 5.09. The molecule has 0 atom stereocenters. The molecule has 0 spiro atoms. The number of nitrogens with two attached hydrogens (primary N) is 1. The average Bonchev–Trinajstić information content (AvgIpc) is 2.34. The second kappa shape index (κ2) is 7.01. The summed E-state index contributed by atoms with van der Waals surface area (Å²) in [6.07, 6.45) is 0. The SMILES string of the molecule is CC(C)CN=C(NN)Nc1ccccc1C(C)C. The summed E-state index contributed by atoms with van der Waals surface area (Å²) >= 11 is 0. The lowest BCUT2D eigenvalue weighted by Crippen LogP contribution is -2.36. The van der Waals surface area contributed by atoms with E-state index in [2.05, 4.69) is 49.5 Å². The van der Waals surface area contributed by atoms with Gasteiger partial charge in [-0.05, 0) is 23.5 Å². The zero-order valence-corrected chi connectivity index (χ0v) is 11.7. The van der Waals surface area contributed by atoms with Crippen LogP contribution in [0.4, 0.5) is 5.69 Å². The largest absolute Gasteiger partial charge is 0.325 e. The Morgan fingerprint density at radius 1 is 1.22 bits per heavy atom. The van der Waals surface area contributed by atoms with Crippen molar-refractivity contribution in [1.82, 2.24) is 5.43 Å². The number of nitrogens with zero attached hydrogens (tertiary/aromatic N) is 1. The number of aliphatic imine (C=N–C) groups is 1. The molecular weight excluding hydrogens is 224 g/mol. The smallest absolute Gasteiger partial charge is 0.210 e. The van der Waals surface area contributed by atoms with Gasteiger partial charge in [-0.3, -0.25) is 10.4 Å². The Hall–Kier alpha value is -1.55. The lowest BCUT2D eigenvalue weighted by molar-refractivity contribution is 0.663. The highest BCUT2D eigenvalue weighted by Crippen LogP contribution is 2.23. The predicted octanol–water partition coefficient (Wildman–Crippen LogP) is 2.70. The Balaban J connectivity index is 2.85. The zero-order chi connectivity index (χ0) is 13.5. The van der Waals surface area contributed by atoms with Gasteiger partial charge in [-0.2, -0.15) is 0 Å². The molecule has 0 saturated heterocycles. The first-order valence-electron chi connectivity index (χ1n) is 6.41. The molecule has 0 fully saturated rings. The number of hydrogen-bond donors (Lipinski definition) is 3. The molecule has 4 nitrogen and oxygen atoms in total. The molecule has 0 aliphatic heterocycles. The third-order valence-electron chi connectivity index (χ3n) is 2.59. The highest BCUT2D eigenvalue weighted by atomic mass is 15.3. The van der Waals surface area contributed by atoms with E-state index in [-0.39, 0.29) is 0 Å². The maximum atomic E-state index is 5.49. The molecule has 0 aliphatic carbocycles. The quantitative estimate of drug-likeness (QED) is 0.332. The van der Waals surface area contributed by atoms with Gasteiger partial charge < -0.3 is 5.32 Å². The third-order valence-corrected chi connectivity index (χ3v) is 2.59. The number of benzene rings is 1. The van der Waals surface area contributed by atoms with E-state index in [4.69, 9.17) is 5.84 Å². The number of guanidine groups is 1. The topological polar surface area (TPSA) is 62.4 Å². The molecule has 1 aromatic rings. The summed E-state index contributed by atoms with van der Waals surface area (Å²) in [5.74, 6) is 7.06. The van der Waals surface area contributed by atoms with Crippen LogP contribution in [0.1, 0.15) is 39.2 Å². The van der Waals surface area contributed by atoms with Gasteiger partial charge in [0.25, 0.3) is 0 Å². The minimum absolute atomic E-state index is 0.456. The monoisotopic (exact) mass is 248 g/mol. The van der Waals surface area contributed by atoms with Gasteiger partial charge in [0.2, 0.25) is 5.96 Å². The molecule has 0 radical (unpaired) electrons. The van der Waals surface area contributed by atoms with Crippen LogP contribution in [0, 0.1) is 5.92 Å². The zero-order valence-electron chi connectivity index (χ0n) is 11.7. The Labute approximate surface area is 110 Å². The minimum atomic E-state index is 0.456. The van der Waals surface area contributed by atoms with Crippen molar-refractivity contribution in [3.63, 3.8) is 0 Å². The van der Waals surface area contributed by atoms with Gasteiger partial charge in [-0.1, -0.05) is 45.9 Å². The lowest BCUT2D eigenvalue weighted by Gasteiger charge is -2.15. The molecule has 0 bridgehead atoms. The van der Waals surface area contributed by atoms with Crippen LogP contribution in [0.15, 0.2) is 29.3 Å². The summed E-state index contributed by atoms with van der Waals surface area (Å²) < 4.78 is 0. The summed E-state index contributed by atoms with van der Waals surface area (Å²) in [5.41, 5.74) is 4.91. The van der Waals surface area contributed by atoms with E-state index in [1.54, 1.807) is 0 Å². The predicted molar refractivity (Wildman–Crippen MR) is 78.6 cm³/mol. The van der Waals surface area contributed by atoms with Crippen LogP contribution in [-0.4, -0.2) is 12.5 Å². The number of rotatable bonds is 4. The van der Waals surface area contributed by atoms with Gasteiger partial charge in [0.05, 0.1) is 0 Å². The van der Waals surface area contributed by atoms with E-state index in [9.17, 15) is 0 Å². The molecule has 1 aromatic carbocycles. The molecule has 0 aliphatic rings. The normalized spacial score (nSPS) is 12.1. The van der Waals surface area contributed by atoms with Crippen LogP contribution >= 0.6 is 0 Å². The number of anilines is 1. The molecular formula is C14H24N4. The van der Waals surface area contributed by atoms with Crippen molar-refractivity contribution in [1.29, 1.82) is 0 Å². The van der Waals surface area contributed by atoms with Crippen LogP contribution in [0.5, 0.6) is 0 Å². The van der Waals surface area contributed by atoms with Gasteiger partial charge in [0, 0.05) is 12.2 Å². The van der Waals surface area contributed by atoms with Crippen molar-refractivity contribution >= 4 is 11.6 Å². The number of hydrazine groups is 1. The Kier molecular flexibility index (Phi) is 5.65. The highest BCUT2D eigenvalue weighted by Gasteiger charge is 2.07. The fourth-order valence-electron chi connectivity index (χ4n) is 1.64. The van der Waals surface area contributed by atoms with Crippen LogP contribution in [0.3, 0.4) is 0 Å². The lowest BCUT2D eigenvalue weighted by atomic mass is 10.0. The molecule has 0 amide bonds. The average molecular weight is 248 g/mol. The third kappa shape index (κ3) is 4.37. The summed E-state index contributed by atoms with van der Waals surface area (Å²) in [7, 11) is 0. The first kappa shape index (κ1) is 14.5. The van der Waals surface area contributed by atoms with Crippen molar-refractivity contribution in [2.75, 3.05) is 11.9 Å². The van der Waals surface area contributed by atoms with Crippen LogP contribution in [-0.2, 0) is 0 Å². The van der Waals surface area contributed by atoms with Gasteiger partial charge in [-0.25, -0.2) is 5.84 Å². The summed E-state index contributed by atoms with van der Waals surface area (Å²) in [5, 5.41) is 3.25. The van der Waals surface area contributed by atoms with Crippen molar-refractivity contribution in [2.24, 2.45) is 16.8 Å². The second-order valence-corrected chi connectivity index (χ2v) is 5.09. The maximum Gasteiger partial charge on any atom is 0.210 e. The Morgan fingerprint density at radius 3 is 2.44 bits per heavy atom. The van der Waals surface area contributed by atoms with Gasteiger partial charge >= 0.3 is 0 Å². The summed E-state index contributed by atoms with van der Waals surface area (Å²) in [4.78, 5) is 4.41. The molecule has 100 valence electrons. The van der Waals surface area contributed by atoms with Gasteiger partial charge in [-0.15, -0.1) is 0 Å². The first-order valence-corrected chi connectivity index (χ1v) is 6.41. The van der Waals surface area contributed by atoms with Crippen LogP contribution in [0.2, 0.25) is 0 Å². The maximum absolute atomic E-state index is 5.49. The van der Waals surface area contributed by atoms with Crippen molar-refractivity contribution in [3.8, 4) is 0 Å². The van der Waals surface area contributed by atoms with Crippen molar-refractivity contribution in [3.05, 3.63) is 29.8 Å². The molecule has 1 rings (SSSR count). The van der Waals surface area contributed by atoms with E-state index < -0.39 is 0 Å². The highest BCUT2D eigenvalue weighted by molar-refractivity contribution is 5.94. The molecule has 0 saturated carbocycles. The van der Waals surface area contributed by atoms with Gasteiger partial charge in [0.1, 0.15) is 0 Å². The van der Waals surface area contributed by atoms with E-state index in [0.717, 1.165) is 12.2 Å².